The minimum Gasteiger partial charge on any atom is -0.356 e. The third-order valence-electron chi connectivity index (χ3n) is 4.20. The Labute approximate surface area is 166 Å². The first-order valence-corrected chi connectivity index (χ1v) is 8.70. The van der Waals surface area contributed by atoms with E-state index in [-0.39, 0.29) is 29.4 Å². The summed E-state index contributed by atoms with van der Waals surface area (Å²) in [7, 11) is 3.78. The lowest BCUT2D eigenvalue weighted by Gasteiger charge is -2.25. The Morgan fingerprint density at radius 1 is 1.33 bits per heavy atom. The summed E-state index contributed by atoms with van der Waals surface area (Å²) in [5.74, 6) is 0.817. The molecule has 2 rings (SSSR count). The molecule has 0 aromatic carbocycles. The van der Waals surface area contributed by atoms with E-state index in [2.05, 4.69) is 59.0 Å². The molecule has 0 atom stereocenters. The molecule has 24 heavy (non-hydrogen) atoms. The van der Waals surface area contributed by atoms with Gasteiger partial charge in [0.05, 0.1) is 5.69 Å². The van der Waals surface area contributed by atoms with Gasteiger partial charge in [0, 0.05) is 48.7 Å². The van der Waals surface area contributed by atoms with E-state index in [0.717, 1.165) is 24.7 Å². The van der Waals surface area contributed by atoms with Crippen LogP contribution >= 0.6 is 35.3 Å². The molecule has 0 saturated carbocycles. The fourth-order valence-electron chi connectivity index (χ4n) is 2.52. The topological polar surface area (TPSA) is 54.2 Å². The minimum absolute atomic E-state index is 0. The number of aromatic nitrogens is 2. The van der Waals surface area contributed by atoms with E-state index >= 15 is 0 Å². The summed E-state index contributed by atoms with van der Waals surface area (Å²) in [6.07, 6.45) is 0. The first kappa shape index (κ1) is 21.0. The fourth-order valence-corrected chi connectivity index (χ4v) is 3.37. The van der Waals surface area contributed by atoms with Gasteiger partial charge in [0.25, 0.3) is 0 Å². The summed E-state index contributed by atoms with van der Waals surface area (Å²) in [5.41, 5.74) is 3.55. The van der Waals surface area contributed by atoms with Gasteiger partial charge in [0.15, 0.2) is 5.96 Å². The van der Waals surface area contributed by atoms with E-state index in [1.807, 2.05) is 18.7 Å². The third kappa shape index (κ3) is 4.95. The fraction of sp³-hybridized carbons (Fsp3) is 0.529. The van der Waals surface area contributed by atoms with Crippen molar-refractivity contribution >= 4 is 41.3 Å². The smallest absolute Gasteiger partial charge is 0.191 e. The quantitative estimate of drug-likeness (QED) is 0.408. The van der Waals surface area contributed by atoms with Crippen LogP contribution in [0.2, 0.25) is 0 Å². The second-order valence-electron chi connectivity index (χ2n) is 6.41. The van der Waals surface area contributed by atoms with Crippen molar-refractivity contribution in [3.8, 4) is 0 Å². The van der Waals surface area contributed by atoms with Crippen LogP contribution in [-0.2, 0) is 19.0 Å². The number of nitrogens with one attached hydrogen (secondary N) is 2. The van der Waals surface area contributed by atoms with Crippen molar-refractivity contribution in [3.63, 3.8) is 0 Å². The highest BCUT2D eigenvalue weighted by Gasteiger charge is 2.22. The molecule has 0 spiro atoms. The molecule has 0 unspecified atom stereocenters. The molecule has 0 fully saturated rings. The molecule has 2 heterocycles. The van der Waals surface area contributed by atoms with Crippen LogP contribution in [-0.4, -0.2) is 29.3 Å². The first-order valence-electron chi connectivity index (χ1n) is 7.82. The standard InChI is InChI=1S/C17H27N5S.HI/c1-12-14(13(2)22(6)21-12)10-19-16(18-5)20-11-17(3,4)15-8-7-9-23-15;/h7-9H,10-11H2,1-6H3,(H2,18,19,20);1H. The van der Waals surface area contributed by atoms with Crippen LogP contribution in [0.4, 0.5) is 0 Å². The van der Waals surface area contributed by atoms with E-state index in [1.165, 1.54) is 16.1 Å². The Morgan fingerprint density at radius 3 is 2.54 bits per heavy atom. The SMILES string of the molecule is CN=C(NCc1c(C)nn(C)c1C)NCC(C)(C)c1cccs1.I. The van der Waals surface area contributed by atoms with Crippen LogP contribution in [0.5, 0.6) is 0 Å². The van der Waals surface area contributed by atoms with Gasteiger partial charge >= 0.3 is 0 Å². The molecule has 0 aliphatic rings. The Balaban J connectivity index is 0.00000288. The Kier molecular flexibility index (Phi) is 7.72. The molecule has 0 amide bonds. The number of hydrogen-bond acceptors (Lipinski definition) is 3. The van der Waals surface area contributed by atoms with Crippen LogP contribution in [0.25, 0.3) is 0 Å². The molecule has 0 saturated heterocycles. The Hall–Kier alpha value is -1.09. The largest absolute Gasteiger partial charge is 0.356 e. The van der Waals surface area contributed by atoms with Crippen molar-refractivity contribution in [2.75, 3.05) is 13.6 Å². The maximum atomic E-state index is 4.45. The summed E-state index contributed by atoms with van der Waals surface area (Å²) >= 11 is 1.79. The first-order chi connectivity index (χ1) is 10.8. The zero-order valence-corrected chi connectivity index (χ0v) is 18.5. The summed E-state index contributed by atoms with van der Waals surface area (Å²) in [5, 5.41) is 13.4. The van der Waals surface area contributed by atoms with E-state index < -0.39 is 0 Å². The number of aryl methyl sites for hydroxylation is 2. The molecule has 7 heteroatoms. The van der Waals surface area contributed by atoms with Gasteiger partial charge in [0.1, 0.15) is 0 Å². The normalized spacial score (nSPS) is 12.0. The van der Waals surface area contributed by atoms with Crippen LogP contribution in [0.1, 0.15) is 35.7 Å². The monoisotopic (exact) mass is 461 g/mol. The maximum Gasteiger partial charge on any atom is 0.191 e. The number of halogens is 1. The Bertz CT molecular complexity index is 673. The number of aliphatic imine (C=N–C) groups is 1. The van der Waals surface area contributed by atoms with Crippen molar-refractivity contribution in [3.05, 3.63) is 39.3 Å². The second kappa shape index (κ2) is 8.84. The molecule has 0 aliphatic heterocycles. The third-order valence-corrected chi connectivity index (χ3v) is 5.44. The average molecular weight is 461 g/mol. The van der Waals surface area contributed by atoms with Gasteiger partial charge < -0.3 is 10.6 Å². The maximum absolute atomic E-state index is 4.45. The van der Waals surface area contributed by atoms with Crippen molar-refractivity contribution in [1.82, 2.24) is 20.4 Å². The summed E-state index contributed by atoms with van der Waals surface area (Å²) in [6.45, 7) is 10.2. The zero-order valence-electron chi connectivity index (χ0n) is 15.3. The number of rotatable bonds is 5. The molecule has 134 valence electrons. The van der Waals surface area contributed by atoms with Crippen LogP contribution in [0.3, 0.4) is 0 Å². The lowest BCUT2D eigenvalue weighted by molar-refractivity contribution is 0.518. The molecular formula is C17H28IN5S. The van der Waals surface area contributed by atoms with Crippen LogP contribution in [0.15, 0.2) is 22.5 Å². The highest BCUT2D eigenvalue weighted by molar-refractivity contribution is 14.0. The minimum atomic E-state index is 0. The second-order valence-corrected chi connectivity index (χ2v) is 7.36. The molecule has 0 bridgehead atoms. The zero-order chi connectivity index (χ0) is 17.0. The number of hydrogen-bond donors (Lipinski definition) is 2. The van der Waals surface area contributed by atoms with Crippen molar-refractivity contribution in [2.24, 2.45) is 12.0 Å². The summed E-state index contributed by atoms with van der Waals surface area (Å²) in [6, 6.07) is 4.29. The van der Waals surface area contributed by atoms with Crippen molar-refractivity contribution in [2.45, 2.75) is 39.7 Å². The van der Waals surface area contributed by atoms with E-state index in [9.17, 15) is 0 Å². The average Bonchev–Trinajstić information content (AvgIpc) is 3.11. The predicted molar refractivity (Wildman–Crippen MR) is 114 cm³/mol. The molecule has 5 nitrogen and oxygen atoms in total. The lowest BCUT2D eigenvalue weighted by Crippen LogP contribution is -2.43. The highest BCUT2D eigenvalue weighted by Crippen LogP contribution is 2.26. The van der Waals surface area contributed by atoms with E-state index in [4.69, 9.17) is 0 Å². The van der Waals surface area contributed by atoms with Gasteiger partial charge in [-0.15, -0.1) is 35.3 Å². The van der Waals surface area contributed by atoms with Gasteiger partial charge in [-0.05, 0) is 25.3 Å². The molecular weight excluding hydrogens is 433 g/mol. The van der Waals surface area contributed by atoms with Crippen LogP contribution < -0.4 is 10.6 Å². The summed E-state index contributed by atoms with van der Waals surface area (Å²) < 4.78 is 1.92. The van der Waals surface area contributed by atoms with Gasteiger partial charge in [-0.3, -0.25) is 9.67 Å². The van der Waals surface area contributed by atoms with Gasteiger partial charge in [-0.25, -0.2) is 0 Å². The van der Waals surface area contributed by atoms with Crippen molar-refractivity contribution in [1.29, 1.82) is 0 Å². The summed E-state index contributed by atoms with van der Waals surface area (Å²) in [4.78, 5) is 5.70. The lowest BCUT2D eigenvalue weighted by atomic mass is 9.91. The van der Waals surface area contributed by atoms with Crippen LogP contribution in [0, 0.1) is 13.8 Å². The number of guanidine groups is 1. The molecule has 2 N–H and O–H groups in total. The number of thiophene rings is 1. The van der Waals surface area contributed by atoms with Gasteiger partial charge in [-0.1, -0.05) is 19.9 Å². The van der Waals surface area contributed by atoms with Crippen molar-refractivity contribution < 1.29 is 0 Å². The highest BCUT2D eigenvalue weighted by atomic mass is 127. The van der Waals surface area contributed by atoms with E-state index in [0.29, 0.717) is 0 Å². The predicted octanol–water partition coefficient (Wildman–Crippen LogP) is 3.36. The molecule has 0 radical (unpaired) electrons. The van der Waals surface area contributed by atoms with E-state index in [1.54, 1.807) is 18.4 Å². The molecule has 2 aromatic heterocycles. The van der Waals surface area contributed by atoms with Gasteiger partial charge in [0.2, 0.25) is 0 Å². The molecule has 2 aromatic rings. The van der Waals surface area contributed by atoms with Gasteiger partial charge in [-0.2, -0.15) is 5.10 Å². The molecule has 0 aliphatic carbocycles. The Morgan fingerprint density at radius 2 is 2.04 bits per heavy atom. The number of nitrogens with zero attached hydrogens (tertiary/aromatic N) is 3.